The first-order valence-corrected chi connectivity index (χ1v) is 8.00. The van der Waals surface area contributed by atoms with Gasteiger partial charge in [0.2, 0.25) is 0 Å². The molecule has 108 valence electrons. The van der Waals surface area contributed by atoms with Crippen molar-refractivity contribution in [3.05, 3.63) is 12.0 Å². The number of nitrogens with zero attached hydrogens (tertiary/aromatic N) is 3. The predicted molar refractivity (Wildman–Crippen MR) is 78.5 cm³/mol. The lowest BCUT2D eigenvalue weighted by Crippen LogP contribution is -2.37. The summed E-state index contributed by atoms with van der Waals surface area (Å²) in [6.45, 7) is 6.64. The van der Waals surface area contributed by atoms with Gasteiger partial charge in [0.05, 0.1) is 11.5 Å². The number of hydrogen-bond donors (Lipinski definition) is 1. The molecule has 0 aliphatic rings. The van der Waals surface area contributed by atoms with Crippen molar-refractivity contribution in [2.45, 2.75) is 38.8 Å². The molecule has 0 bridgehead atoms. The van der Waals surface area contributed by atoms with Crippen molar-refractivity contribution in [3.8, 4) is 0 Å². The number of thiocarbonyl (C=S) groups is 1. The van der Waals surface area contributed by atoms with Crippen LogP contribution in [-0.2, 0) is 16.6 Å². The highest BCUT2D eigenvalue weighted by atomic mass is 32.2. The van der Waals surface area contributed by atoms with Gasteiger partial charge in [-0.3, -0.25) is 0 Å². The van der Waals surface area contributed by atoms with Crippen molar-refractivity contribution in [3.63, 3.8) is 0 Å². The van der Waals surface area contributed by atoms with Crippen LogP contribution in [0.1, 0.15) is 26.1 Å². The lowest BCUT2D eigenvalue weighted by molar-refractivity contribution is 0.465. The van der Waals surface area contributed by atoms with Crippen LogP contribution < -0.4 is 5.73 Å². The second-order valence-electron chi connectivity index (χ2n) is 4.22. The van der Waals surface area contributed by atoms with E-state index in [1.54, 1.807) is 20.0 Å². The second-order valence-corrected chi connectivity index (χ2v) is 6.63. The van der Waals surface area contributed by atoms with Crippen molar-refractivity contribution in [2.24, 2.45) is 5.73 Å². The summed E-state index contributed by atoms with van der Waals surface area (Å²) in [5, 5.41) is 0.0524. The van der Waals surface area contributed by atoms with E-state index in [-0.39, 0.29) is 16.6 Å². The van der Waals surface area contributed by atoms with Crippen LogP contribution in [0.15, 0.2) is 11.2 Å². The third-order valence-electron chi connectivity index (χ3n) is 2.71. The number of imidazole rings is 1. The van der Waals surface area contributed by atoms with E-state index in [1.807, 2.05) is 11.5 Å². The Balaban J connectivity index is 3.11. The third-order valence-corrected chi connectivity index (χ3v) is 4.63. The van der Waals surface area contributed by atoms with E-state index >= 15 is 0 Å². The fraction of sp³-hybridized carbons (Fsp3) is 0.636. The lowest BCUT2D eigenvalue weighted by atomic mass is 10.5. The highest BCUT2D eigenvalue weighted by molar-refractivity contribution is 7.89. The second kappa shape index (κ2) is 6.44. The molecular weight excluding hydrogens is 284 g/mol. The Bertz CT molecular complexity index is 551. The summed E-state index contributed by atoms with van der Waals surface area (Å²) in [6, 6.07) is 0. The van der Waals surface area contributed by atoms with Crippen molar-refractivity contribution >= 4 is 27.2 Å². The van der Waals surface area contributed by atoms with Gasteiger partial charge in [-0.05, 0) is 13.3 Å². The molecule has 1 aromatic rings. The maximum atomic E-state index is 12.4. The lowest BCUT2D eigenvalue weighted by Gasteiger charge is -2.17. The Labute approximate surface area is 119 Å². The molecule has 1 heterocycles. The fourth-order valence-electron chi connectivity index (χ4n) is 1.74. The fourth-order valence-corrected chi connectivity index (χ4v) is 3.40. The number of aryl methyl sites for hydroxylation is 2. The monoisotopic (exact) mass is 304 g/mol. The maximum Gasteiger partial charge on any atom is 0.262 e. The summed E-state index contributed by atoms with van der Waals surface area (Å²) in [4.78, 5) is 4.27. The van der Waals surface area contributed by atoms with Gasteiger partial charge in [0, 0.05) is 19.3 Å². The zero-order valence-electron chi connectivity index (χ0n) is 11.5. The number of hydrogen-bond acceptors (Lipinski definition) is 4. The van der Waals surface area contributed by atoms with Crippen LogP contribution in [-0.4, -0.2) is 40.4 Å². The van der Waals surface area contributed by atoms with Gasteiger partial charge in [-0.2, -0.15) is 4.31 Å². The van der Waals surface area contributed by atoms with Crippen molar-refractivity contribution in [1.82, 2.24) is 13.9 Å². The molecule has 0 spiro atoms. The summed E-state index contributed by atoms with van der Waals surface area (Å²) in [6.07, 6.45) is 2.48. The molecule has 0 radical (unpaired) electrons. The SMILES string of the molecule is CCCn1cc(S(=O)(=O)N(CC)CC(N)=S)nc1C. The molecule has 0 atom stereocenters. The van der Waals surface area contributed by atoms with Gasteiger partial charge in [0.15, 0.2) is 5.03 Å². The summed E-state index contributed by atoms with van der Waals surface area (Å²) < 4.78 is 27.9. The summed E-state index contributed by atoms with van der Waals surface area (Å²) in [5.41, 5.74) is 5.43. The zero-order chi connectivity index (χ0) is 14.6. The van der Waals surface area contributed by atoms with Gasteiger partial charge in [0.1, 0.15) is 5.82 Å². The number of likely N-dealkylation sites (N-methyl/N-ethyl adjacent to an activating group) is 1. The minimum Gasteiger partial charge on any atom is -0.392 e. The highest BCUT2D eigenvalue weighted by Gasteiger charge is 2.26. The molecule has 1 rings (SSSR count). The smallest absolute Gasteiger partial charge is 0.262 e. The van der Waals surface area contributed by atoms with Crippen molar-refractivity contribution in [2.75, 3.05) is 13.1 Å². The van der Waals surface area contributed by atoms with Gasteiger partial charge in [-0.15, -0.1) is 0 Å². The van der Waals surface area contributed by atoms with E-state index in [9.17, 15) is 8.42 Å². The van der Waals surface area contributed by atoms with Crippen LogP contribution in [0.2, 0.25) is 0 Å². The summed E-state index contributed by atoms with van der Waals surface area (Å²) in [7, 11) is -3.63. The number of nitrogens with two attached hydrogens (primary N) is 1. The first-order valence-electron chi connectivity index (χ1n) is 6.15. The van der Waals surface area contributed by atoms with Gasteiger partial charge >= 0.3 is 0 Å². The normalized spacial score (nSPS) is 12.0. The quantitative estimate of drug-likeness (QED) is 0.757. The van der Waals surface area contributed by atoms with Gasteiger partial charge in [-0.25, -0.2) is 13.4 Å². The molecule has 0 saturated heterocycles. The number of rotatable bonds is 7. The average Bonchev–Trinajstić information content (AvgIpc) is 2.69. The van der Waals surface area contributed by atoms with Gasteiger partial charge in [0.25, 0.3) is 10.0 Å². The largest absolute Gasteiger partial charge is 0.392 e. The van der Waals surface area contributed by atoms with Crippen molar-refractivity contribution < 1.29 is 8.42 Å². The number of aromatic nitrogens is 2. The van der Waals surface area contributed by atoms with Crippen LogP contribution in [0, 0.1) is 6.92 Å². The van der Waals surface area contributed by atoms with Crippen LogP contribution in [0.5, 0.6) is 0 Å². The van der Waals surface area contributed by atoms with Crippen LogP contribution >= 0.6 is 12.2 Å². The molecule has 0 aromatic carbocycles. The molecule has 0 aliphatic carbocycles. The Morgan fingerprint density at radius 2 is 2.16 bits per heavy atom. The van der Waals surface area contributed by atoms with E-state index in [1.165, 1.54) is 4.31 Å². The van der Waals surface area contributed by atoms with Crippen LogP contribution in [0.25, 0.3) is 0 Å². The maximum absolute atomic E-state index is 12.4. The van der Waals surface area contributed by atoms with Gasteiger partial charge < -0.3 is 10.3 Å². The molecule has 6 nitrogen and oxygen atoms in total. The van der Waals surface area contributed by atoms with E-state index in [0.29, 0.717) is 12.4 Å². The molecule has 2 N–H and O–H groups in total. The zero-order valence-corrected chi connectivity index (χ0v) is 13.1. The van der Waals surface area contributed by atoms with Crippen molar-refractivity contribution in [1.29, 1.82) is 0 Å². The average molecular weight is 304 g/mol. The van der Waals surface area contributed by atoms with Gasteiger partial charge in [-0.1, -0.05) is 26.1 Å². The summed E-state index contributed by atoms with van der Waals surface area (Å²) in [5.74, 6) is 0.687. The first kappa shape index (κ1) is 16.1. The predicted octanol–water partition coefficient (Wildman–Crippen LogP) is 0.898. The minimum atomic E-state index is -3.63. The number of sulfonamides is 1. The molecule has 19 heavy (non-hydrogen) atoms. The summed E-state index contributed by atoms with van der Waals surface area (Å²) >= 11 is 4.78. The standard InChI is InChI=1S/C11H20N4O2S2/c1-4-6-14-8-11(13-9(14)3)19(16,17)15(5-2)7-10(12)18/h8H,4-7H2,1-3H3,(H2,12,18). The minimum absolute atomic E-state index is 0.0356. The Morgan fingerprint density at radius 1 is 1.53 bits per heavy atom. The topological polar surface area (TPSA) is 81.2 Å². The van der Waals surface area contributed by atoms with Crippen LogP contribution in [0.3, 0.4) is 0 Å². The Morgan fingerprint density at radius 3 is 2.63 bits per heavy atom. The molecule has 0 amide bonds. The van der Waals surface area contributed by atoms with E-state index < -0.39 is 10.0 Å². The molecule has 0 saturated carbocycles. The molecule has 0 aliphatic heterocycles. The highest BCUT2D eigenvalue weighted by Crippen LogP contribution is 2.15. The molecule has 0 unspecified atom stereocenters. The Kier molecular flexibility index (Phi) is 5.45. The molecule has 1 aromatic heterocycles. The molecule has 0 fully saturated rings. The van der Waals surface area contributed by atoms with Crippen LogP contribution in [0.4, 0.5) is 0 Å². The molecular formula is C11H20N4O2S2. The molecule has 8 heteroatoms. The van der Waals surface area contributed by atoms with E-state index in [4.69, 9.17) is 18.0 Å². The first-order chi connectivity index (χ1) is 8.82. The van der Waals surface area contributed by atoms with E-state index in [2.05, 4.69) is 4.98 Å². The Hall–Kier alpha value is -0.990. The van der Waals surface area contributed by atoms with E-state index in [0.717, 1.165) is 13.0 Å². The third kappa shape index (κ3) is 3.74.